The quantitative estimate of drug-likeness (QED) is 0.669. The van der Waals surface area contributed by atoms with E-state index in [-0.39, 0.29) is 11.0 Å². The van der Waals surface area contributed by atoms with Crippen LogP contribution in [0.3, 0.4) is 0 Å². The molecule has 0 bridgehead atoms. The van der Waals surface area contributed by atoms with Crippen molar-refractivity contribution < 1.29 is 4.79 Å². The molecule has 2 rings (SSSR count). The van der Waals surface area contributed by atoms with Gasteiger partial charge in [-0.25, -0.2) is 0 Å². The molecule has 23 heavy (non-hydrogen) atoms. The fourth-order valence-electron chi connectivity index (χ4n) is 1.89. The highest BCUT2D eigenvalue weighted by Crippen LogP contribution is 2.15. The van der Waals surface area contributed by atoms with Crippen LogP contribution in [-0.4, -0.2) is 25.1 Å². The fraction of sp³-hybridized carbons (Fsp3) is 0.111. The molecule has 0 saturated heterocycles. The van der Waals surface area contributed by atoms with E-state index in [9.17, 15) is 4.79 Å². The maximum atomic E-state index is 11.8. The zero-order chi connectivity index (χ0) is 16.7. The van der Waals surface area contributed by atoms with Gasteiger partial charge in [-0.15, -0.1) is 0 Å². The van der Waals surface area contributed by atoms with E-state index in [1.807, 2.05) is 73.6 Å². The summed E-state index contributed by atoms with van der Waals surface area (Å²) in [6.45, 7) is 0. The van der Waals surface area contributed by atoms with E-state index in [1.54, 1.807) is 6.08 Å². The van der Waals surface area contributed by atoms with Crippen molar-refractivity contribution in [2.24, 2.45) is 0 Å². The SMILES string of the molecule is CN(C)c1ccc(NC(=S)NC(=O)C=Cc2ccccc2)cc1. The summed E-state index contributed by atoms with van der Waals surface area (Å²) >= 11 is 5.14. The summed E-state index contributed by atoms with van der Waals surface area (Å²) in [6.07, 6.45) is 3.20. The number of anilines is 2. The van der Waals surface area contributed by atoms with Gasteiger partial charge in [-0.1, -0.05) is 30.3 Å². The van der Waals surface area contributed by atoms with Gasteiger partial charge in [-0.3, -0.25) is 10.1 Å². The van der Waals surface area contributed by atoms with Crippen LogP contribution in [0.25, 0.3) is 6.08 Å². The molecule has 0 aliphatic carbocycles. The first kappa shape index (κ1) is 16.7. The number of nitrogens with one attached hydrogen (secondary N) is 2. The number of nitrogens with zero attached hydrogens (tertiary/aromatic N) is 1. The minimum Gasteiger partial charge on any atom is -0.378 e. The number of hydrogen-bond acceptors (Lipinski definition) is 3. The predicted octanol–water partition coefficient (Wildman–Crippen LogP) is 3.28. The van der Waals surface area contributed by atoms with Crippen LogP contribution in [0.15, 0.2) is 60.7 Å². The van der Waals surface area contributed by atoms with Gasteiger partial charge in [0.15, 0.2) is 5.11 Å². The highest BCUT2D eigenvalue weighted by molar-refractivity contribution is 7.80. The third kappa shape index (κ3) is 5.56. The maximum Gasteiger partial charge on any atom is 0.250 e. The normalized spacial score (nSPS) is 10.3. The molecule has 0 unspecified atom stereocenters. The van der Waals surface area contributed by atoms with Crippen LogP contribution in [0, 0.1) is 0 Å². The van der Waals surface area contributed by atoms with Crippen molar-refractivity contribution in [2.45, 2.75) is 0 Å². The van der Waals surface area contributed by atoms with Gasteiger partial charge in [-0.2, -0.15) is 0 Å². The highest BCUT2D eigenvalue weighted by Gasteiger charge is 2.02. The number of carbonyl (C=O) groups excluding carboxylic acids is 1. The summed E-state index contributed by atoms with van der Waals surface area (Å²) in [5, 5.41) is 5.87. The lowest BCUT2D eigenvalue weighted by Crippen LogP contribution is -2.32. The highest BCUT2D eigenvalue weighted by atomic mass is 32.1. The van der Waals surface area contributed by atoms with Crippen LogP contribution in [0.4, 0.5) is 11.4 Å². The van der Waals surface area contributed by atoms with Gasteiger partial charge in [0, 0.05) is 31.5 Å². The standard InChI is InChI=1S/C18H19N3OS/c1-21(2)16-11-9-15(10-12-16)19-18(23)20-17(22)13-8-14-6-4-3-5-7-14/h3-13H,1-2H3,(H2,19,20,22,23). The molecule has 0 spiro atoms. The zero-order valence-corrected chi connectivity index (χ0v) is 13.9. The van der Waals surface area contributed by atoms with Gasteiger partial charge in [0.05, 0.1) is 0 Å². The number of rotatable bonds is 4. The van der Waals surface area contributed by atoms with Gasteiger partial charge in [0.25, 0.3) is 0 Å². The third-order valence-electron chi connectivity index (χ3n) is 3.11. The van der Waals surface area contributed by atoms with Crippen LogP contribution in [-0.2, 0) is 4.79 Å². The molecule has 0 fully saturated rings. The molecule has 0 aromatic heterocycles. The van der Waals surface area contributed by atoms with Crippen molar-refractivity contribution in [3.63, 3.8) is 0 Å². The number of thiocarbonyl (C=S) groups is 1. The molecule has 2 aromatic rings. The summed E-state index contributed by atoms with van der Waals surface area (Å²) in [7, 11) is 3.96. The van der Waals surface area contributed by atoms with Crippen LogP contribution in [0.1, 0.15) is 5.56 Å². The second-order valence-corrected chi connectivity index (χ2v) is 5.54. The molecule has 0 heterocycles. The monoisotopic (exact) mass is 325 g/mol. The Morgan fingerprint density at radius 3 is 2.30 bits per heavy atom. The Kier molecular flexibility index (Phi) is 5.88. The average molecular weight is 325 g/mol. The summed E-state index contributed by atoms with van der Waals surface area (Å²) in [4.78, 5) is 13.8. The number of carbonyl (C=O) groups is 1. The van der Waals surface area contributed by atoms with Crippen molar-refractivity contribution in [2.75, 3.05) is 24.3 Å². The van der Waals surface area contributed by atoms with E-state index in [1.165, 1.54) is 6.08 Å². The fourth-order valence-corrected chi connectivity index (χ4v) is 2.11. The molecule has 0 atom stereocenters. The van der Waals surface area contributed by atoms with Crippen molar-refractivity contribution in [1.29, 1.82) is 0 Å². The first-order valence-electron chi connectivity index (χ1n) is 7.17. The van der Waals surface area contributed by atoms with Crippen molar-refractivity contribution in [3.8, 4) is 0 Å². The van der Waals surface area contributed by atoms with E-state index in [0.29, 0.717) is 0 Å². The summed E-state index contributed by atoms with van der Waals surface area (Å²) in [5.74, 6) is -0.267. The lowest BCUT2D eigenvalue weighted by molar-refractivity contribution is -0.115. The molecule has 0 aliphatic heterocycles. The van der Waals surface area contributed by atoms with E-state index in [2.05, 4.69) is 10.6 Å². The Morgan fingerprint density at radius 1 is 1.04 bits per heavy atom. The Balaban J connectivity index is 1.86. The van der Waals surface area contributed by atoms with Crippen LogP contribution in [0.2, 0.25) is 0 Å². The lowest BCUT2D eigenvalue weighted by atomic mass is 10.2. The van der Waals surface area contributed by atoms with Gasteiger partial charge in [-0.05, 0) is 48.1 Å². The summed E-state index contributed by atoms with van der Waals surface area (Å²) in [5.41, 5.74) is 2.88. The molecule has 2 N–H and O–H groups in total. The van der Waals surface area contributed by atoms with E-state index >= 15 is 0 Å². The van der Waals surface area contributed by atoms with E-state index in [0.717, 1.165) is 16.9 Å². The average Bonchev–Trinajstić information content (AvgIpc) is 2.54. The van der Waals surface area contributed by atoms with Crippen LogP contribution in [0.5, 0.6) is 0 Å². The minimum atomic E-state index is -0.267. The van der Waals surface area contributed by atoms with Crippen LogP contribution >= 0.6 is 12.2 Å². The lowest BCUT2D eigenvalue weighted by Gasteiger charge is -2.13. The molecular formula is C18H19N3OS. The maximum absolute atomic E-state index is 11.8. The number of benzene rings is 2. The molecule has 0 saturated carbocycles. The molecule has 5 heteroatoms. The van der Waals surface area contributed by atoms with Gasteiger partial charge < -0.3 is 10.2 Å². The van der Waals surface area contributed by atoms with Crippen molar-refractivity contribution >= 4 is 40.7 Å². The molecule has 1 amide bonds. The van der Waals surface area contributed by atoms with E-state index < -0.39 is 0 Å². The molecular weight excluding hydrogens is 306 g/mol. The molecule has 0 radical (unpaired) electrons. The van der Waals surface area contributed by atoms with E-state index in [4.69, 9.17) is 12.2 Å². The first-order valence-corrected chi connectivity index (χ1v) is 7.58. The first-order chi connectivity index (χ1) is 11.0. The smallest absolute Gasteiger partial charge is 0.250 e. The summed E-state index contributed by atoms with van der Waals surface area (Å²) in [6, 6.07) is 17.4. The molecule has 0 aliphatic rings. The molecule has 118 valence electrons. The predicted molar refractivity (Wildman–Crippen MR) is 101 cm³/mol. The van der Waals surface area contributed by atoms with Gasteiger partial charge in [0.1, 0.15) is 0 Å². The van der Waals surface area contributed by atoms with Crippen LogP contribution < -0.4 is 15.5 Å². The Hall–Kier alpha value is -2.66. The second kappa shape index (κ2) is 8.10. The second-order valence-electron chi connectivity index (χ2n) is 5.13. The van der Waals surface area contributed by atoms with Gasteiger partial charge in [0.2, 0.25) is 5.91 Å². The number of amides is 1. The minimum absolute atomic E-state index is 0.267. The van der Waals surface area contributed by atoms with Gasteiger partial charge >= 0.3 is 0 Å². The number of hydrogen-bond donors (Lipinski definition) is 2. The Labute approximate surface area is 141 Å². The largest absolute Gasteiger partial charge is 0.378 e. The summed E-state index contributed by atoms with van der Waals surface area (Å²) < 4.78 is 0. The topological polar surface area (TPSA) is 44.4 Å². The third-order valence-corrected chi connectivity index (χ3v) is 3.31. The zero-order valence-electron chi connectivity index (χ0n) is 13.1. The van der Waals surface area contributed by atoms with Crippen molar-refractivity contribution in [1.82, 2.24) is 5.32 Å². The Bertz CT molecular complexity index is 694. The Morgan fingerprint density at radius 2 is 1.70 bits per heavy atom. The van der Waals surface area contributed by atoms with Crippen molar-refractivity contribution in [3.05, 3.63) is 66.2 Å². The molecule has 2 aromatic carbocycles. The molecule has 4 nitrogen and oxygen atoms in total.